The van der Waals surface area contributed by atoms with Crippen molar-refractivity contribution in [1.29, 1.82) is 0 Å². The van der Waals surface area contributed by atoms with Crippen LogP contribution in [0.3, 0.4) is 0 Å². The second-order valence-electron chi connectivity index (χ2n) is 5.34. The van der Waals surface area contributed by atoms with Gasteiger partial charge in [0, 0.05) is 13.0 Å². The minimum atomic E-state index is 0.138. The Hall–Kier alpha value is -1.55. The summed E-state index contributed by atoms with van der Waals surface area (Å²) in [4.78, 5) is 11.8. The van der Waals surface area contributed by atoms with Crippen molar-refractivity contribution in [3.05, 3.63) is 29.8 Å². The molecule has 0 saturated carbocycles. The van der Waals surface area contributed by atoms with Crippen LogP contribution in [0.25, 0.3) is 0 Å². The zero-order chi connectivity index (χ0) is 15.5. The fourth-order valence-electron chi connectivity index (χ4n) is 2.35. The normalized spacial score (nSPS) is 12.0. The minimum absolute atomic E-state index is 0.138. The first kappa shape index (κ1) is 17.5. The number of hydrogen-bond donors (Lipinski definition) is 2. The van der Waals surface area contributed by atoms with Crippen LogP contribution in [0.1, 0.15) is 38.2 Å². The molecule has 0 aromatic heterocycles. The highest BCUT2D eigenvalue weighted by molar-refractivity contribution is 5.75. The van der Waals surface area contributed by atoms with Crippen molar-refractivity contribution in [2.45, 2.75) is 39.0 Å². The van der Waals surface area contributed by atoms with Gasteiger partial charge in [0.1, 0.15) is 5.75 Å². The Morgan fingerprint density at radius 1 is 1.29 bits per heavy atom. The van der Waals surface area contributed by atoms with E-state index in [2.05, 4.69) is 12.2 Å². The van der Waals surface area contributed by atoms with E-state index in [1.165, 1.54) is 5.56 Å². The minimum Gasteiger partial charge on any atom is -0.497 e. The van der Waals surface area contributed by atoms with Crippen LogP contribution in [0.5, 0.6) is 5.75 Å². The third-order valence-electron chi connectivity index (χ3n) is 3.83. The highest BCUT2D eigenvalue weighted by Crippen LogP contribution is 2.14. The van der Waals surface area contributed by atoms with Gasteiger partial charge >= 0.3 is 0 Å². The van der Waals surface area contributed by atoms with E-state index in [4.69, 9.17) is 10.5 Å². The number of carbonyl (C=O) groups is 1. The molecule has 0 radical (unpaired) electrons. The van der Waals surface area contributed by atoms with Gasteiger partial charge in [0.05, 0.1) is 7.11 Å². The van der Waals surface area contributed by atoms with E-state index in [0.29, 0.717) is 25.4 Å². The summed E-state index contributed by atoms with van der Waals surface area (Å²) in [5.74, 6) is 1.56. The van der Waals surface area contributed by atoms with Gasteiger partial charge in [-0.3, -0.25) is 4.79 Å². The molecule has 21 heavy (non-hydrogen) atoms. The van der Waals surface area contributed by atoms with E-state index >= 15 is 0 Å². The molecule has 1 aromatic carbocycles. The van der Waals surface area contributed by atoms with Gasteiger partial charge in [0.15, 0.2) is 0 Å². The molecule has 3 N–H and O–H groups in total. The molecule has 4 nitrogen and oxygen atoms in total. The average molecular weight is 292 g/mol. The fraction of sp³-hybridized carbons (Fsp3) is 0.588. The lowest BCUT2D eigenvalue weighted by Gasteiger charge is -2.13. The van der Waals surface area contributed by atoms with Crippen LogP contribution >= 0.6 is 0 Å². The summed E-state index contributed by atoms with van der Waals surface area (Å²) in [7, 11) is 1.66. The summed E-state index contributed by atoms with van der Waals surface area (Å²) < 4.78 is 5.12. The smallest absolute Gasteiger partial charge is 0.220 e. The van der Waals surface area contributed by atoms with Crippen molar-refractivity contribution >= 4 is 5.91 Å². The average Bonchev–Trinajstić information content (AvgIpc) is 2.52. The molecule has 0 aliphatic carbocycles. The third kappa shape index (κ3) is 7.14. The fourth-order valence-corrected chi connectivity index (χ4v) is 2.35. The highest BCUT2D eigenvalue weighted by atomic mass is 16.5. The number of benzene rings is 1. The molecular weight excluding hydrogens is 264 g/mol. The summed E-state index contributed by atoms with van der Waals surface area (Å²) in [6.45, 7) is 3.54. The van der Waals surface area contributed by atoms with Gasteiger partial charge in [-0.05, 0) is 49.4 Å². The first-order valence-corrected chi connectivity index (χ1v) is 7.79. The summed E-state index contributed by atoms with van der Waals surface area (Å²) in [6.07, 6.45) is 4.48. The quantitative estimate of drug-likeness (QED) is 0.696. The van der Waals surface area contributed by atoms with Crippen molar-refractivity contribution in [3.63, 3.8) is 0 Å². The van der Waals surface area contributed by atoms with E-state index in [1.54, 1.807) is 7.11 Å². The number of nitrogens with two attached hydrogens (primary N) is 1. The predicted molar refractivity (Wildman–Crippen MR) is 86.4 cm³/mol. The second kappa shape index (κ2) is 10.2. The molecule has 1 aromatic rings. The van der Waals surface area contributed by atoms with Gasteiger partial charge in [-0.15, -0.1) is 0 Å². The predicted octanol–water partition coefficient (Wildman–Crippen LogP) is 2.51. The van der Waals surface area contributed by atoms with Crippen LogP contribution in [0.2, 0.25) is 0 Å². The standard InChI is InChI=1S/C17H28N2O2/c1-3-14(10-12-18)6-9-17(20)19-13-11-15-4-7-16(21-2)8-5-15/h4-5,7-8,14H,3,6,9-13,18H2,1-2H3,(H,19,20). The number of ether oxygens (including phenoxy) is 1. The molecule has 0 saturated heterocycles. The number of carbonyl (C=O) groups excluding carboxylic acids is 1. The van der Waals surface area contributed by atoms with Gasteiger partial charge in [-0.25, -0.2) is 0 Å². The van der Waals surface area contributed by atoms with Crippen molar-refractivity contribution in [1.82, 2.24) is 5.32 Å². The zero-order valence-electron chi connectivity index (χ0n) is 13.2. The molecule has 0 spiro atoms. The zero-order valence-corrected chi connectivity index (χ0v) is 13.2. The number of nitrogens with one attached hydrogen (secondary N) is 1. The van der Waals surface area contributed by atoms with Crippen molar-refractivity contribution < 1.29 is 9.53 Å². The molecule has 118 valence electrons. The molecule has 4 heteroatoms. The Morgan fingerprint density at radius 2 is 2.00 bits per heavy atom. The van der Waals surface area contributed by atoms with Crippen LogP contribution < -0.4 is 15.8 Å². The molecule has 1 rings (SSSR count). The van der Waals surface area contributed by atoms with Crippen LogP contribution in [-0.2, 0) is 11.2 Å². The Bertz CT molecular complexity index is 404. The second-order valence-corrected chi connectivity index (χ2v) is 5.34. The SMILES string of the molecule is CCC(CCN)CCC(=O)NCCc1ccc(OC)cc1. The molecule has 1 unspecified atom stereocenters. The summed E-state index contributed by atoms with van der Waals surface area (Å²) in [6, 6.07) is 7.93. The first-order valence-electron chi connectivity index (χ1n) is 7.79. The Labute approximate surface area is 128 Å². The number of hydrogen-bond acceptors (Lipinski definition) is 3. The maximum atomic E-state index is 11.8. The summed E-state index contributed by atoms with van der Waals surface area (Å²) >= 11 is 0. The molecule has 0 fully saturated rings. The number of rotatable bonds is 10. The van der Waals surface area contributed by atoms with E-state index in [9.17, 15) is 4.79 Å². The van der Waals surface area contributed by atoms with Crippen LogP contribution in [0, 0.1) is 5.92 Å². The van der Waals surface area contributed by atoms with E-state index in [1.807, 2.05) is 24.3 Å². The van der Waals surface area contributed by atoms with E-state index in [0.717, 1.165) is 31.4 Å². The molecule has 1 amide bonds. The lowest BCUT2D eigenvalue weighted by atomic mass is 9.96. The molecule has 1 atom stereocenters. The van der Waals surface area contributed by atoms with Crippen molar-refractivity contribution in [2.75, 3.05) is 20.2 Å². The van der Waals surface area contributed by atoms with Gasteiger partial charge < -0.3 is 15.8 Å². The van der Waals surface area contributed by atoms with Gasteiger partial charge in [0.2, 0.25) is 5.91 Å². The third-order valence-corrected chi connectivity index (χ3v) is 3.83. The maximum Gasteiger partial charge on any atom is 0.220 e. The van der Waals surface area contributed by atoms with Crippen LogP contribution in [0.4, 0.5) is 0 Å². The summed E-state index contributed by atoms with van der Waals surface area (Å²) in [5, 5.41) is 2.98. The highest BCUT2D eigenvalue weighted by Gasteiger charge is 2.08. The molecule has 0 aliphatic heterocycles. The van der Waals surface area contributed by atoms with Gasteiger partial charge in [-0.1, -0.05) is 25.5 Å². The topological polar surface area (TPSA) is 64.4 Å². The Balaban J connectivity index is 2.20. The maximum absolute atomic E-state index is 11.8. The van der Waals surface area contributed by atoms with Gasteiger partial charge in [0.25, 0.3) is 0 Å². The molecule has 0 heterocycles. The first-order chi connectivity index (χ1) is 10.2. The van der Waals surface area contributed by atoms with Gasteiger partial charge in [-0.2, -0.15) is 0 Å². The Morgan fingerprint density at radius 3 is 2.57 bits per heavy atom. The number of amides is 1. The summed E-state index contributed by atoms with van der Waals surface area (Å²) in [5.41, 5.74) is 6.77. The van der Waals surface area contributed by atoms with Crippen LogP contribution in [0.15, 0.2) is 24.3 Å². The van der Waals surface area contributed by atoms with Crippen LogP contribution in [-0.4, -0.2) is 26.1 Å². The molecule has 0 aliphatic rings. The monoisotopic (exact) mass is 292 g/mol. The lowest BCUT2D eigenvalue weighted by Crippen LogP contribution is -2.26. The van der Waals surface area contributed by atoms with E-state index < -0.39 is 0 Å². The lowest BCUT2D eigenvalue weighted by molar-refractivity contribution is -0.121. The molecular formula is C17H28N2O2. The Kier molecular flexibility index (Phi) is 8.51. The largest absolute Gasteiger partial charge is 0.497 e. The van der Waals surface area contributed by atoms with Crippen molar-refractivity contribution in [3.8, 4) is 5.75 Å². The molecule has 0 bridgehead atoms. The van der Waals surface area contributed by atoms with E-state index in [-0.39, 0.29) is 5.91 Å². The number of methoxy groups -OCH3 is 1. The van der Waals surface area contributed by atoms with Crippen molar-refractivity contribution in [2.24, 2.45) is 11.7 Å².